The molecule has 0 saturated heterocycles. The summed E-state index contributed by atoms with van der Waals surface area (Å²) in [6.07, 6.45) is 0. The molecule has 0 aliphatic rings. The summed E-state index contributed by atoms with van der Waals surface area (Å²) < 4.78 is 13.0. The van der Waals surface area contributed by atoms with Crippen molar-refractivity contribution in [3.05, 3.63) is 35.6 Å². The molecule has 5 heteroatoms. The number of benzene rings is 1. The van der Waals surface area contributed by atoms with Crippen LogP contribution in [0.2, 0.25) is 0 Å². The van der Waals surface area contributed by atoms with Gasteiger partial charge in [0.05, 0.1) is 18.2 Å². The van der Waals surface area contributed by atoms with Crippen molar-refractivity contribution in [1.29, 1.82) is 0 Å². The van der Waals surface area contributed by atoms with Crippen molar-refractivity contribution in [3.8, 4) is 0 Å². The number of rotatable bonds is 7. The number of aliphatic hydroxyl groups is 1. The molecule has 1 rings (SSSR count). The van der Waals surface area contributed by atoms with E-state index in [1.165, 1.54) is 12.1 Å². The average molecular weight is 310 g/mol. The zero-order valence-corrected chi connectivity index (χ0v) is 14.1. The molecule has 1 unspecified atom stereocenters. The highest BCUT2D eigenvalue weighted by atomic mass is 19.1. The molecule has 1 amide bonds. The number of halogens is 1. The Bertz CT molecular complexity index is 482. The van der Waals surface area contributed by atoms with Crippen LogP contribution in [0.15, 0.2) is 24.3 Å². The van der Waals surface area contributed by atoms with Crippen LogP contribution in [0.5, 0.6) is 0 Å². The van der Waals surface area contributed by atoms with E-state index in [1.54, 1.807) is 37.9 Å². The van der Waals surface area contributed by atoms with E-state index in [9.17, 15) is 14.3 Å². The predicted molar refractivity (Wildman–Crippen MR) is 86.0 cm³/mol. The predicted octanol–water partition coefficient (Wildman–Crippen LogP) is 2.44. The highest BCUT2D eigenvalue weighted by Crippen LogP contribution is 2.19. The van der Waals surface area contributed by atoms with Crippen LogP contribution in [0.25, 0.3) is 0 Å². The average Bonchev–Trinajstić information content (AvgIpc) is 2.44. The SMILES string of the molecule is CCN(CC(=O)N(C)C(C)c1ccc(F)cc1)CC(C)(C)O. The second kappa shape index (κ2) is 7.70. The molecule has 1 N–H and O–H groups in total. The van der Waals surface area contributed by atoms with E-state index in [0.717, 1.165) is 5.56 Å². The fraction of sp³-hybridized carbons (Fsp3) is 0.588. The third-order valence-corrected chi connectivity index (χ3v) is 3.74. The van der Waals surface area contributed by atoms with Crippen molar-refractivity contribution in [1.82, 2.24) is 9.80 Å². The Labute approximate surface area is 132 Å². The first-order chi connectivity index (χ1) is 10.1. The summed E-state index contributed by atoms with van der Waals surface area (Å²) in [5.74, 6) is -0.310. The molecule has 0 spiro atoms. The first kappa shape index (κ1) is 18.6. The smallest absolute Gasteiger partial charge is 0.236 e. The largest absolute Gasteiger partial charge is 0.389 e. The number of carbonyl (C=O) groups is 1. The van der Waals surface area contributed by atoms with Crippen LogP contribution < -0.4 is 0 Å². The Morgan fingerprint density at radius 2 is 1.86 bits per heavy atom. The van der Waals surface area contributed by atoms with Gasteiger partial charge in [-0.25, -0.2) is 4.39 Å². The van der Waals surface area contributed by atoms with Crippen molar-refractivity contribution in [2.45, 2.75) is 39.3 Å². The van der Waals surface area contributed by atoms with Crippen molar-refractivity contribution in [2.75, 3.05) is 26.7 Å². The van der Waals surface area contributed by atoms with Crippen LogP contribution in [0.1, 0.15) is 39.3 Å². The molecule has 0 fully saturated rings. The van der Waals surface area contributed by atoms with Crippen molar-refractivity contribution < 1.29 is 14.3 Å². The van der Waals surface area contributed by atoms with Crippen LogP contribution in [-0.2, 0) is 4.79 Å². The minimum absolute atomic E-state index is 0.0251. The van der Waals surface area contributed by atoms with Crippen molar-refractivity contribution in [2.24, 2.45) is 0 Å². The molecule has 0 aliphatic heterocycles. The van der Waals surface area contributed by atoms with E-state index in [0.29, 0.717) is 13.1 Å². The number of nitrogens with zero attached hydrogens (tertiary/aromatic N) is 2. The Morgan fingerprint density at radius 3 is 2.32 bits per heavy atom. The van der Waals surface area contributed by atoms with E-state index in [1.807, 2.05) is 18.7 Å². The highest BCUT2D eigenvalue weighted by molar-refractivity contribution is 5.78. The lowest BCUT2D eigenvalue weighted by Crippen LogP contribution is -2.44. The molecule has 0 bridgehead atoms. The second-order valence-corrected chi connectivity index (χ2v) is 6.35. The van der Waals surface area contributed by atoms with Gasteiger partial charge in [0, 0.05) is 13.6 Å². The Kier molecular flexibility index (Phi) is 6.50. The van der Waals surface area contributed by atoms with Gasteiger partial charge in [-0.2, -0.15) is 0 Å². The summed E-state index contributed by atoms with van der Waals surface area (Å²) in [5.41, 5.74) is 0.0556. The molecule has 1 aromatic rings. The standard InChI is InChI=1S/C17H27FN2O2/c1-6-20(12-17(3,4)22)11-16(21)19(5)13(2)14-7-9-15(18)10-8-14/h7-10,13,22H,6,11-12H2,1-5H3. The maximum absolute atomic E-state index is 13.0. The molecule has 22 heavy (non-hydrogen) atoms. The number of amides is 1. The van der Waals surface area contributed by atoms with E-state index in [4.69, 9.17) is 0 Å². The van der Waals surface area contributed by atoms with Gasteiger partial charge in [0.1, 0.15) is 5.82 Å². The molecular weight excluding hydrogens is 283 g/mol. The van der Waals surface area contributed by atoms with Crippen molar-refractivity contribution >= 4 is 5.91 Å². The van der Waals surface area contributed by atoms with Gasteiger partial charge in [0.2, 0.25) is 5.91 Å². The van der Waals surface area contributed by atoms with Crippen LogP contribution in [-0.4, -0.2) is 53.1 Å². The Hall–Kier alpha value is -1.46. The van der Waals surface area contributed by atoms with Crippen LogP contribution in [0, 0.1) is 5.82 Å². The van der Waals surface area contributed by atoms with Crippen LogP contribution >= 0.6 is 0 Å². The van der Waals surface area contributed by atoms with Crippen molar-refractivity contribution in [3.63, 3.8) is 0 Å². The van der Waals surface area contributed by atoms with E-state index >= 15 is 0 Å². The first-order valence-corrected chi connectivity index (χ1v) is 7.60. The summed E-state index contributed by atoms with van der Waals surface area (Å²) >= 11 is 0. The zero-order chi connectivity index (χ0) is 16.9. The minimum Gasteiger partial charge on any atom is -0.389 e. The molecule has 124 valence electrons. The summed E-state index contributed by atoms with van der Waals surface area (Å²) in [6, 6.07) is 6.05. The van der Waals surface area contributed by atoms with Gasteiger partial charge in [-0.3, -0.25) is 9.69 Å². The van der Waals surface area contributed by atoms with Crippen LogP contribution in [0.4, 0.5) is 4.39 Å². The summed E-state index contributed by atoms with van der Waals surface area (Å²) in [4.78, 5) is 16.0. The minimum atomic E-state index is -0.836. The van der Waals surface area contributed by atoms with Crippen LogP contribution in [0.3, 0.4) is 0 Å². The Morgan fingerprint density at radius 1 is 1.32 bits per heavy atom. The highest BCUT2D eigenvalue weighted by Gasteiger charge is 2.23. The fourth-order valence-electron chi connectivity index (χ4n) is 2.31. The molecule has 4 nitrogen and oxygen atoms in total. The second-order valence-electron chi connectivity index (χ2n) is 6.35. The summed E-state index contributed by atoms with van der Waals surface area (Å²) in [7, 11) is 1.74. The van der Waals surface area contributed by atoms with E-state index in [-0.39, 0.29) is 24.3 Å². The lowest BCUT2D eigenvalue weighted by molar-refractivity contribution is -0.133. The molecule has 1 atom stereocenters. The van der Waals surface area contributed by atoms with E-state index in [2.05, 4.69) is 0 Å². The maximum atomic E-state index is 13.0. The topological polar surface area (TPSA) is 43.8 Å². The number of hydrogen-bond acceptors (Lipinski definition) is 3. The fourth-order valence-corrected chi connectivity index (χ4v) is 2.31. The molecule has 0 heterocycles. The molecule has 0 aliphatic carbocycles. The number of likely N-dealkylation sites (N-methyl/N-ethyl adjacent to an activating group) is 2. The quantitative estimate of drug-likeness (QED) is 0.841. The molecule has 0 radical (unpaired) electrons. The van der Waals surface area contributed by atoms with Gasteiger partial charge in [-0.15, -0.1) is 0 Å². The summed E-state index contributed by atoms with van der Waals surface area (Å²) in [5, 5.41) is 9.88. The molecular formula is C17H27FN2O2. The van der Waals surface area contributed by atoms with Gasteiger partial charge >= 0.3 is 0 Å². The van der Waals surface area contributed by atoms with Gasteiger partial charge < -0.3 is 10.0 Å². The maximum Gasteiger partial charge on any atom is 0.236 e. The van der Waals surface area contributed by atoms with Gasteiger partial charge in [-0.05, 0) is 45.0 Å². The Balaban J connectivity index is 2.69. The number of carbonyl (C=O) groups excluding carboxylic acids is 1. The molecule has 0 saturated carbocycles. The third kappa shape index (κ3) is 5.73. The van der Waals surface area contributed by atoms with Gasteiger partial charge in [0.15, 0.2) is 0 Å². The first-order valence-electron chi connectivity index (χ1n) is 7.60. The van der Waals surface area contributed by atoms with Gasteiger partial charge in [-0.1, -0.05) is 19.1 Å². The monoisotopic (exact) mass is 310 g/mol. The third-order valence-electron chi connectivity index (χ3n) is 3.74. The normalized spacial score (nSPS) is 13.3. The zero-order valence-electron chi connectivity index (χ0n) is 14.1. The van der Waals surface area contributed by atoms with Gasteiger partial charge in [0.25, 0.3) is 0 Å². The molecule has 1 aromatic carbocycles. The lowest BCUT2D eigenvalue weighted by Gasteiger charge is -2.31. The van der Waals surface area contributed by atoms with E-state index < -0.39 is 5.60 Å². The number of hydrogen-bond donors (Lipinski definition) is 1. The summed E-state index contributed by atoms with van der Waals surface area (Å²) in [6.45, 7) is 8.71. The molecule has 0 aromatic heterocycles. The lowest BCUT2D eigenvalue weighted by atomic mass is 10.1.